The molecule has 0 aliphatic heterocycles. The van der Waals surface area contributed by atoms with Crippen LogP contribution >= 0.6 is 35.1 Å². The third kappa shape index (κ3) is 5.93. The number of fused-ring (bicyclic) bond motifs is 1. The van der Waals surface area contributed by atoms with Crippen LogP contribution in [-0.2, 0) is 20.9 Å². The van der Waals surface area contributed by atoms with E-state index < -0.39 is 5.97 Å². The maximum absolute atomic E-state index is 12.4. The summed E-state index contributed by atoms with van der Waals surface area (Å²) >= 11 is 11.0. The van der Waals surface area contributed by atoms with Crippen LogP contribution in [0.2, 0.25) is 5.15 Å². The van der Waals surface area contributed by atoms with E-state index in [9.17, 15) is 4.79 Å². The van der Waals surface area contributed by atoms with E-state index in [1.54, 1.807) is 0 Å². The van der Waals surface area contributed by atoms with Gasteiger partial charge in [-0.25, -0.2) is 4.79 Å². The minimum Gasteiger partial charge on any atom is -0.464 e. The number of rotatable bonds is 10. The van der Waals surface area contributed by atoms with Crippen molar-refractivity contribution < 1.29 is 14.4 Å². The van der Waals surface area contributed by atoms with Crippen molar-refractivity contribution in [1.29, 1.82) is 0 Å². The molecular weight excluding hydrogens is 488 g/mol. The summed E-state index contributed by atoms with van der Waals surface area (Å²) in [4.78, 5) is 17.4. The number of oxime groups is 1. The van der Waals surface area contributed by atoms with Gasteiger partial charge in [0.25, 0.3) is 0 Å². The number of methoxy groups -OCH3 is 1. The highest BCUT2D eigenvalue weighted by Crippen LogP contribution is 2.49. The fraction of sp³-hybridized carbons (Fsp3) is 0.385. The zero-order chi connectivity index (χ0) is 24.8. The third-order valence-electron chi connectivity index (χ3n) is 5.13. The number of benzene rings is 2. The molecule has 1 aromatic heterocycles. The molecule has 0 fully saturated rings. The normalized spacial score (nSPS) is 12.2. The maximum Gasteiger partial charge on any atom is 0.360 e. The Hall–Kier alpha value is -2.09. The minimum absolute atomic E-state index is 0.122. The summed E-state index contributed by atoms with van der Waals surface area (Å²) in [6, 6.07) is 15.9. The van der Waals surface area contributed by atoms with Gasteiger partial charge in [-0.1, -0.05) is 86.9 Å². The molecule has 0 amide bonds. The Kier molecular flexibility index (Phi) is 9.39. The zero-order valence-electron chi connectivity index (χ0n) is 20.4. The number of halogens is 1. The lowest BCUT2D eigenvalue weighted by atomic mass is 10.0. The molecule has 0 saturated heterocycles. The Bertz CT molecular complexity index is 1160. The summed E-state index contributed by atoms with van der Waals surface area (Å²) in [5.74, 6) is -0.555. The van der Waals surface area contributed by atoms with Gasteiger partial charge >= 0.3 is 5.97 Å². The van der Waals surface area contributed by atoms with E-state index >= 15 is 0 Å². The molecule has 3 aromatic rings. The van der Waals surface area contributed by atoms with E-state index in [1.807, 2.05) is 53.9 Å². The molecule has 0 unspecified atom stereocenters. The predicted molar refractivity (Wildman–Crippen MR) is 146 cm³/mol. The van der Waals surface area contributed by atoms with Crippen molar-refractivity contribution in [2.75, 3.05) is 14.2 Å². The lowest BCUT2D eigenvalue weighted by Crippen LogP contribution is -2.20. The van der Waals surface area contributed by atoms with Crippen molar-refractivity contribution in [2.45, 2.75) is 49.3 Å². The maximum atomic E-state index is 12.4. The summed E-state index contributed by atoms with van der Waals surface area (Å²) in [7, 11) is 2.74. The van der Waals surface area contributed by atoms with E-state index in [0.29, 0.717) is 27.8 Å². The van der Waals surface area contributed by atoms with E-state index in [4.69, 9.17) is 21.2 Å². The Labute approximate surface area is 215 Å². The molecule has 0 radical (unpaired) electrons. The minimum atomic E-state index is -0.555. The van der Waals surface area contributed by atoms with Gasteiger partial charge < -0.3 is 14.1 Å². The Morgan fingerprint density at radius 1 is 1.00 bits per heavy atom. The molecule has 0 saturated carbocycles. The first-order valence-electron chi connectivity index (χ1n) is 11.1. The number of nitrogens with zero attached hydrogens (tertiary/aromatic N) is 2. The van der Waals surface area contributed by atoms with Gasteiger partial charge in [-0.2, -0.15) is 0 Å². The average Bonchev–Trinajstić information content (AvgIpc) is 3.07. The molecule has 2 aromatic carbocycles. The molecule has 0 bridgehead atoms. The van der Waals surface area contributed by atoms with Gasteiger partial charge in [-0.15, -0.1) is 23.5 Å². The number of para-hydroxylation sites is 1. The Balaban J connectivity index is 2.16. The van der Waals surface area contributed by atoms with Crippen LogP contribution in [0, 0.1) is 0 Å². The lowest BCUT2D eigenvalue weighted by molar-refractivity contribution is -0.132. The summed E-state index contributed by atoms with van der Waals surface area (Å²) in [5.41, 5.74) is 3.86. The standard InChI is InChI=1S/C26H31ClN2O3S2/c1-16(2)33-26(34-17(3)4)22-20-13-9-10-14-21(20)29(24(22)27)15-18-11-7-8-12-19(18)23(28-32-6)25(30)31-5/h7-14,16-17,26H,15H2,1-6H3/b28-23+. The van der Waals surface area contributed by atoms with Crippen molar-refractivity contribution in [1.82, 2.24) is 4.57 Å². The van der Waals surface area contributed by atoms with Crippen LogP contribution in [0.4, 0.5) is 0 Å². The molecule has 0 spiro atoms. The van der Waals surface area contributed by atoms with Crippen LogP contribution in [0.5, 0.6) is 0 Å². The van der Waals surface area contributed by atoms with Crippen LogP contribution in [0.25, 0.3) is 10.9 Å². The van der Waals surface area contributed by atoms with Crippen molar-refractivity contribution in [3.8, 4) is 0 Å². The summed E-state index contributed by atoms with van der Waals surface area (Å²) in [6.07, 6.45) is 0. The average molecular weight is 519 g/mol. The number of hydrogen-bond donors (Lipinski definition) is 0. The summed E-state index contributed by atoms with van der Waals surface area (Å²) in [6.45, 7) is 9.33. The van der Waals surface area contributed by atoms with Crippen molar-refractivity contribution in [3.05, 3.63) is 70.4 Å². The molecular formula is C26H31ClN2O3S2. The van der Waals surface area contributed by atoms with Crippen molar-refractivity contribution in [3.63, 3.8) is 0 Å². The Morgan fingerprint density at radius 3 is 2.24 bits per heavy atom. The molecule has 0 N–H and O–H groups in total. The van der Waals surface area contributed by atoms with E-state index in [1.165, 1.54) is 14.2 Å². The summed E-state index contributed by atoms with van der Waals surface area (Å²) < 4.78 is 7.26. The van der Waals surface area contributed by atoms with Crippen molar-refractivity contribution in [2.24, 2.45) is 5.16 Å². The monoisotopic (exact) mass is 518 g/mol. The smallest absolute Gasteiger partial charge is 0.360 e. The van der Waals surface area contributed by atoms with Crippen LogP contribution < -0.4 is 0 Å². The predicted octanol–water partition coefficient (Wildman–Crippen LogP) is 7.15. The van der Waals surface area contributed by atoms with Gasteiger partial charge in [0.15, 0.2) is 5.71 Å². The fourth-order valence-electron chi connectivity index (χ4n) is 3.78. The molecule has 1 heterocycles. The fourth-order valence-corrected chi connectivity index (χ4v) is 7.60. The number of hydrogen-bond acceptors (Lipinski definition) is 6. The first-order valence-corrected chi connectivity index (χ1v) is 13.4. The van der Waals surface area contributed by atoms with E-state index in [-0.39, 0.29) is 10.3 Å². The van der Waals surface area contributed by atoms with Crippen LogP contribution in [0.15, 0.2) is 53.7 Å². The molecule has 0 aliphatic carbocycles. The second-order valence-electron chi connectivity index (χ2n) is 8.28. The molecule has 0 atom stereocenters. The van der Waals surface area contributed by atoms with Gasteiger partial charge in [0.05, 0.1) is 11.7 Å². The van der Waals surface area contributed by atoms with Crippen LogP contribution in [0.1, 0.15) is 49.0 Å². The first-order chi connectivity index (χ1) is 16.3. The van der Waals surface area contributed by atoms with Gasteiger partial charge in [0.1, 0.15) is 12.3 Å². The molecule has 0 aliphatic rings. The highest BCUT2D eigenvalue weighted by Gasteiger charge is 2.27. The lowest BCUT2D eigenvalue weighted by Gasteiger charge is -2.21. The number of esters is 1. The van der Waals surface area contributed by atoms with Gasteiger partial charge in [0, 0.05) is 39.1 Å². The van der Waals surface area contributed by atoms with Gasteiger partial charge in [-0.05, 0) is 11.6 Å². The quantitative estimate of drug-likeness (QED) is 0.123. The first kappa shape index (κ1) is 26.5. The largest absolute Gasteiger partial charge is 0.464 e. The van der Waals surface area contributed by atoms with Crippen LogP contribution in [0.3, 0.4) is 0 Å². The topological polar surface area (TPSA) is 52.8 Å². The molecule has 5 nitrogen and oxygen atoms in total. The number of ether oxygens (including phenoxy) is 1. The van der Waals surface area contributed by atoms with E-state index in [0.717, 1.165) is 22.0 Å². The zero-order valence-corrected chi connectivity index (χ0v) is 22.8. The van der Waals surface area contributed by atoms with Gasteiger partial charge in [0.2, 0.25) is 0 Å². The highest BCUT2D eigenvalue weighted by atomic mass is 35.5. The molecule has 8 heteroatoms. The van der Waals surface area contributed by atoms with Crippen LogP contribution in [-0.4, -0.2) is 41.0 Å². The van der Waals surface area contributed by atoms with Crippen molar-refractivity contribution >= 4 is 57.7 Å². The highest BCUT2D eigenvalue weighted by molar-refractivity contribution is 8.16. The van der Waals surface area contributed by atoms with E-state index in [2.05, 4.69) is 55.6 Å². The number of carbonyl (C=O) groups excluding carboxylic acids is 1. The molecule has 3 rings (SSSR count). The SMILES string of the molecule is CO/N=C(/C(=O)OC)c1ccccc1Cn1c(Cl)c(C(SC(C)C)SC(C)C)c2ccccc21. The van der Waals surface area contributed by atoms with Gasteiger partial charge in [-0.3, -0.25) is 0 Å². The molecule has 182 valence electrons. The third-order valence-corrected chi connectivity index (χ3v) is 8.26. The number of thioether (sulfide) groups is 2. The molecule has 34 heavy (non-hydrogen) atoms. The Morgan fingerprint density at radius 2 is 1.62 bits per heavy atom. The second kappa shape index (κ2) is 12.0. The number of aromatic nitrogens is 1. The number of carbonyl (C=O) groups is 1. The summed E-state index contributed by atoms with van der Waals surface area (Å²) in [5, 5.41) is 6.73. The second-order valence-corrected chi connectivity index (χ2v) is 12.3.